The van der Waals surface area contributed by atoms with Crippen LogP contribution in [0.15, 0.2) is 12.7 Å². The third-order valence-electron chi connectivity index (χ3n) is 3.73. The van der Waals surface area contributed by atoms with E-state index in [0.717, 1.165) is 0 Å². The number of carbonyl (C=O) groups excluding carboxylic acids is 1. The van der Waals surface area contributed by atoms with Gasteiger partial charge in [0.1, 0.15) is 18.2 Å². The molecule has 2 N–H and O–H groups in total. The van der Waals surface area contributed by atoms with Gasteiger partial charge in [0.2, 0.25) is 0 Å². The van der Waals surface area contributed by atoms with Crippen LogP contribution in [0, 0.1) is 5.92 Å². The van der Waals surface area contributed by atoms with Gasteiger partial charge in [-0.15, -0.1) is 6.58 Å². The fourth-order valence-corrected chi connectivity index (χ4v) is 2.74. The molecular formula is C12H20NO4S+. The topological polar surface area (TPSA) is 74.6 Å². The first-order chi connectivity index (χ1) is 8.23. The number of nitrogens with zero attached hydrogens (tertiary/aromatic N) is 1. The normalized spacial score (nSPS) is 37.2. The van der Waals surface area contributed by atoms with E-state index in [1.165, 1.54) is 6.08 Å². The summed E-state index contributed by atoms with van der Waals surface area (Å²) in [6.07, 6.45) is 0.317. The first-order valence-electron chi connectivity index (χ1n) is 5.86. The summed E-state index contributed by atoms with van der Waals surface area (Å²) >= 11 is 4.04. The lowest BCUT2D eigenvalue weighted by atomic mass is 10.0. The summed E-state index contributed by atoms with van der Waals surface area (Å²) in [5, 5.41) is 19.6. The van der Waals surface area contributed by atoms with Crippen LogP contribution in [0.5, 0.6) is 0 Å². The third-order valence-corrected chi connectivity index (χ3v) is 4.28. The van der Waals surface area contributed by atoms with Crippen LogP contribution in [0.1, 0.15) is 20.3 Å². The number of amides is 2. The number of carbonyl (C=O) groups is 2. The smallest absolute Gasteiger partial charge is 0.435 e. The number of hydrogen-bond acceptors (Lipinski definition) is 4. The number of quaternary nitrogens is 1. The Labute approximate surface area is 112 Å². The largest absolute Gasteiger partial charge is 0.521 e. The molecule has 0 spiro atoms. The van der Waals surface area contributed by atoms with E-state index in [9.17, 15) is 19.8 Å². The molecule has 0 bridgehead atoms. The molecule has 0 aliphatic carbocycles. The highest BCUT2D eigenvalue weighted by molar-refractivity contribution is 7.80. The third kappa shape index (κ3) is 2.20. The highest BCUT2D eigenvalue weighted by Crippen LogP contribution is 2.37. The van der Waals surface area contributed by atoms with Crippen molar-refractivity contribution in [1.29, 1.82) is 0 Å². The Morgan fingerprint density at radius 3 is 2.56 bits per heavy atom. The zero-order chi connectivity index (χ0) is 14.1. The molecule has 4 atom stereocenters. The maximum Gasteiger partial charge on any atom is 0.521 e. The lowest BCUT2D eigenvalue weighted by Gasteiger charge is -2.31. The van der Waals surface area contributed by atoms with Crippen molar-refractivity contribution in [3.8, 4) is 0 Å². The molecule has 1 saturated heterocycles. The van der Waals surface area contributed by atoms with Crippen LogP contribution in [0.4, 0.5) is 4.79 Å². The summed E-state index contributed by atoms with van der Waals surface area (Å²) in [6, 6.07) is -0.486. The summed E-state index contributed by atoms with van der Waals surface area (Å²) in [5.41, 5.74) is -1.30. The van der Waals surface area contributed by atoms with Crippen molar-refractivity contribution in [2.75, 3.05) is 12.3 Å². The summed E-state index contributed by atoms with van der Waals surface area (Å²) < 4.78 is -0.746. The SMILES string of the molecule is C=CC1(O)CC(C)[N@+](C(=O)O)(C(=O)C(C)CS)C1. The average molecular weight is 274 g/mol. The van der Waals surface area contributed by atoms with Gasteiger partial charge in [-0.2, -0.15) is 21.9 Å². The summed E-state index contributed by atoms with van der Waals surface area (Å²) in [6.45, 7) is 6.67. The fraction of sp³-hybridized carbons (Fsp3) is 0.667. The minimum atomic E-state index is -1.30. The predicted octanol–water partition coefficient (Wildman–Crippen LogP) is 1.28. The zero-order valence-electron chi connectivity index (χ0n) is 10.7. The maximum atomic E-state index is 12.4. The van der Waals surface area contributed by atoms with E-state index in [4.69, 9.17) is 0 Å². The summed E-state index contributed by atoms with van der Waals surface area (Å²) in [4.78, 5) is 23.9. The molecule has 0 aromatic heterocycles. The molecule has 1 rings (SSSR count). The monoisotopic (exact) mass is 274 g/mol. The molecule has 0 radical (unpaired) electrons. The Hall–Kier alpha value is -0.850. The second-order valence-electron chi connectivity index (χ2n) is 5.09. The number of imide groups is 1. The summed E-state index contributed by atoms with van der Waals surface area (Å²) in [7, 11) is 0. The Bertz CT molecular complexity index is 386. The van der Waals surface area contributed by atoms with Crippen molar-refractivity contribution in [2.24, 2.45) is 5.92 Å². The lowest BCUT2D eigenvalue weighted by molar-refractivity contribution is -0.796. The molecule has 1 heterocycles. The van der Waals surface area contributed by atoms with E-state index in [1.807, 2.05) is 0 Å². The molecular weight excluding hydrogens is 254 g/mol. The van der Waals surface area contributed by atoms with Crippen LogP contribution in [0.25, 0.3) is 0 Å². The van der Waals surface area contributed by atoms with Crippen molar-refractivity contribution in [3.63, 3.8) is 0 Å². The molecule has 0 aromatic carbocycles. The molecule has 3 unspecified atom stereocenters. The number of rotatable bonds is 3. The molecule has 18 heavy (non-hydrogen) atoms. The van der Waals surface area contributed by atoms with Gasteiger partial charge in [-0.05, 0) is 13.8 Å². The average Bonchev–Trinajstić information content (AvgIpc) is 2.61. The van der Waals surface area contributed by atoms with E-state index < -0.39 is 34.0 Å². The first kappa shape index (κ1) is 15.2. The van der Waals surface area contributed by atoms with Crippen LogP contribution in [-0.4, -0.2) is 50.6 Å². The van der Waals surface area contributed by atoms with Crippen LogP contribution in [0.3, 0.4) is 0 Å². The molecule has 1 fully saturated rings. The quantitative estimate of drug-likeness (QED) is 0.412. The molecule has 6 heteroatoms. The van der Waals surface area contributed by atoms with Crippen LogP contribution >= 0.6 is 12.6 Å². The standard InChI is InChI=1S/C12H19NO4S/c1-4-12(17)5-9(3)13(7-12,11(15)16)10(14)8(2)6-18/h4,8-9,17H,1,5-7H2,2-3H3,(H-,15,16,18)/p+1/t8?,9?,12?,13-/m0/s1. The van der Waals surface area contributed by atoms with E-state index in [0.29, 0.717) is 0 Å². The first-order valence-corrected chi connectivity index (χ1v) is 6.49. The van der Waals surface area contributed by atoms with Gasteiger partial charge in [-0.25, -0.2) is 4.79 Å². The van der Waals surface area contributed by atoms with Gasteiger partial charge in [-0.1, -0.05) is 6.08 Å². The Kier molecular flexibility index (Phi) is 4.25. The van der Waals surface area contributed by atoms with Gasteiger partial charge in [0, 0.05) is 12.2 Å². The van der Waals surface area contributed by atoms with Crippen LogP contribution in [0.2, 0.25) is 0 Å². The minimum absolute atomic E-state index is 0.163. The van der Waals surface area contributed by atoms with Gasteiger partial charge in [0.15, 0.2) is 0 Å². The second kappa shape index (κ2) is 5.03. The molecule has 5 nitrogen and oxygen atoms in total. The number of thiol groups is 1. The fourth-order valence-electron chi connectivity index (χ4n) is 2.58. The highest BCUT2D eigenvalue weighted by atomic mass is 32.1. The van der Waals surface area contributed by atoms with Crippen LogP contribution < -0.4 is 0 Å². The minimum Gasteiger partial charge on any atom is -0.435 e. The van der Waals surface area contributed by atoms with Gasteiger partial charge in [0.05, 0.1) is 5.92 Å². The van der Waals surface area contributed by atoms with Gasteiger partial charge in [-0.3, -0.25) is 0 Å². The van der Waals surface area contributed by atoms with Crippen molar-refractivity contribution in [2.45, 2.75) is 31.9 Å². The van der Waals surface area contributed by atoms with E-state index >= 15 is 0 Å². The molecule has 1 aliphatic heterocycles. The molecule has 0 aromatic rings. The summed E-state index contributed by atoms with van der Waals surface area (Å²) in [5.74, 6) is -0.604. The number of likely N-dealkylation sites (tertiary alicyclic amines) is 1. The van der Waals surface area contributed by atoms with Gasteiger partial charge >= 0.3 is 12.0 Å². The van der Waals surface area contributed by atoms with Crippen molar-refractivity contribution < 1.29 is 24.3 Å². The van der Waals surface area contributed by atoms with E-state index in [2.05, 4.69) is 19.2 Å². The number of carboxylic acid groups (broad SMARTS) is 1. The lowest BCUT2D eigenvalue weighted by Crippen LogP contribution is -2.61. The van der Waals surface area contributed by atoms with Crippen molar-refractivity contribution in [1.82, 2.24) is 0 Å². The number of aliphatic hydroxyl groups is 1. The molecule has 102 valence electrons. The Morgan fingerprint density at radius 1 is 1.67 bits per heavy atom. The number of hydrogen-bond donors (Lipinski definition) is 3. The zero-order valence-corrected chi connectivity index (χ0v) is 11.6. The van der Waals surface area contributed by atoms with E-state index in [1.54, 1.807) is 13.8 Å². The highest BCUT2D eigenvalue weighted by Gasteiger charge is 2.61. The van der Waals surface area contributed by atoms with Crippen molar-refractivity contribution in [3.05, 3.63) is 12.7 Å². The van der Waals surface area contributed by atoms with Crippen molar-refractivity contribution >= 4 is 24.6 Å². The van der Waals surface area contributed by atoms with Gasteiger partial charge in [0.25, 0.3) is 0 Å². The Balaban J connectivity index is 3.22. The predicted molar refractivity (Wildman–Crippen MR) is 70.4 cm³/mol. The maximum absolute atomic E-state index is 12.4. The van der Waals surface area contributed by atoms with E-state index in [-0.39, 0.29) is 18.7 Å². The molecule has 2 amide bonds. The molecule has 0 saturated carbocycles. The Morgan fingerprint density at radius 2 is 2.22 bits per heavy atom. The second-order valence-corrected chi connectivity index (χ2v) is 5.46. The van der Waals surface area contributed by atoms with Crippen LogP contribution in [-0.2, 0) is 4.79 Å². The molecule has 1 aliphatic rings. The van der Waals surface area contributed by atoms with Gasteiger partial charge < -0.3 is 10.2 Å².